The number of fused-ring (bicyclic) bond motifs is 1. The lowest BCUT2D eigenvalue weighted by Gasteiger charge is -2.39. The van der Waals surface area contributed by atoms with Gasteiger partial charge in [-0.2, -0.15) is 13.2 Å². The number of nitrogens with one attached hydrogen (secondary N) is 1. The van der Waals surface area contributed by atoms with Gasteiger partial charge in [0.25, 0.3) is 0 Å². The first-order valence-electron chi connectivity index (χ1n) is 16.9. The molecule has 0 saturated heterocycles. The van der Waals surface area contributed by atoms with Crippen molar-refractivity contribution in [2.45, 2.75) is 76.4 Å². The molecule has 0 radical (unpaired) electrons. The molecule has 2 amide bonds. The first-order valence-corrected chi connectivity index (χ1v) is 16.9. The third kappa shape index (κ3) is 8.35. The minimum atomic E-state index is -4.42. The van der Waals surface area contributed by atoms with Crippen LogP contribution in [0.5, 0.6) is 5.75 Å². The molecule has 0 unspecified atom stereocenters. The van der Waals surface area contributed by atoms with Crippen molar-refractivity contribution in [3.63, 3.8) is 0 Å². The van der Waals surface area contributed by atoms with Crippen molar-refractivity contribution >= 4 is 17.8 Å². The van der Waals surface area contributed by atoms with E-state index in [1.807, 2.05) is 60.7 Å². The van der Waals surface area contributed by atoms with Crippen molar-refractivity contribution in [3.8, 4) is 16.9 Å². The normalized spacial score (nSPS) is 17.0. The minimum absolute atomic E-state index is 0.0538. The topological polar surface area (TPSA) is 95.9 Å². The number of carbonyl (C=O) groups excluding carboxylic acids is 2. The van der Waals surface area contributed by atoms with Crippen LogP contribution in [0, 0.1) is 5.92 Å². The van der Waals surface area contributed by atoms with E-state index >= 15 is 0 Å². The third-order valence-electron chi connectivity index (χ3n) is 9.65. The highest BCUT2D eigenvalue weighted by atomic mass is 19.4. The fourth-order valence-corrected chi connectivity index (χ4v) is 6.82. The molecule has 50 heavy (non-hydrogen) atoms. The molecule has 10 heteroatoms. The van der Waals surface area contributed by atoms with E-state index in [1.165, 1.54) is 12.1 Å². The molecular formula is C40H39F3N2O5. The molecule has 0 aromatic heterocycles. The second kappa shape index (κ2) is 15.2. The quantitative estimate of drug-likeness (QED) is 0.180. The number of carbonyl (C=O) groups is 3. The summed E-state index contributed by atoms with van der Waals surface area (Å²) >= 11 is 0. The summed E-state index contributed by atoms with van der Waals surface area (Å²) < 4.78 is 44.8. The maximum atomic E-state index is 13.9. The van der Waals surface area contributed by atoms with Crippen LogP contribution in [0.2, 0.25) is 0 Å². The van der Waals surface area contributed by atoms with Gasteiger partial charge in [0.2, 0.25) is 11.8 Å². The monoisotopic (exact) mass is 684 g/mol. The van der Waals surface area contributed by atoms with Crippen LogP contribution in [0.4, 0.5) is 13.2 Å². The SMILES string of the molecule is O=C(O)[C@H](Cc1ccc(-c2ccccc2)cc1)NC(=O)[C@@H]1Cc2ccc(OCc3ccc(C(F)(F)F)cc3)cc2CN1C(=O)C1CCCCC1. The highest BCUT2D eigenvalue weighted by molar-refractivity contribution is 5.92. The number of carboxylic acid groups (broad SMARTS) is 1. The number of hydrogen-bond acceptors (Lipinski definition) is 4. The summed E-state index contributed by atoms with van der Waals surface area (Å²) in [6, 6.07) is 25.4. The molecule has 0 bridgehead atoms. The van der Waals surface area contributed by atoms with Crippen LogP contribution >= 0.6 is 0 Å². The number of benzene rings is 4. The average molecular weight is 685 g/mol. The van der Waals surface area contributed by atoms with Crippen molar-refractivity contribution in [3.05, 3.63) is 125 Å². The number of aliphatic carboxylic acids is 1. The zero-order valence-electron chi connectivity index (χ0n) is 27.5. The largest absolute Gasteiger partial charge is 0.489 e. The molecule has 4 aromatic carbocycles. The molecule has 6 rings (SSSR count). The molecule has 260 valence electrons. The van der Waals surface area contributed by atoms with Gasteiger partial charge in [-0.1, -0.05) is 92.1 Å². The van der Waals surface area contributed by atoms with E-state index in [2.05, 4.69) is 5.32 Å². The van der Waals surface area contributed by atoms with Gasteiger partial charge in [-0.3, -0.25) is 9.59 Å². The number of carboxylic acids is 1. The predicted octanol–water partition coefficient (Wildman–Crippen LogP) is 7.60. The van der Waals surface area contributed by atoms with Gasteiger partial charge in [-0.05, 0) is 70.5 Å². The number of nitrogens with zero attached hydrogens (tertiary/aromatic N) is 1. The molecule has 2 atom stereocenters. The van der Waals surface area contributed by atoms with Crippen molar-refractivity contribution in [1.29, 1.82) is 0 Å². The van der Waals surface area contributed by atoms with Gasteiger partial charge >= 0.3 is 12.1 Å². The number of amides is 2. The van der Waals surface area contributed by atoms with E-state index in [0.29, 0.717) is 11.3 Å². The second-order valence-corrected chi connectivity index (χ2v) is 13.1. The van der Waals surface area contributed by atoms with Gasteiger partial charge in [-0.15, -0.1) is 0 Å². The summed E-state index contributed by atoms with van der Waals surface area (Å²) in [7, 11) is 0. The van der Waals surface area contributed by atoms with Crippen LogP contribution in [-0.2, 0) is 46.6 Å². The summed E-state index contributed by atoms with van der Waals surface area (Å²) in [5.74, 6) is -1.52. The van der Waals surface area contributed by atoms with Gasteiger partial charge in [0.15, 0.2) is 0 Å². The van der Waals surface area contributed by atoms with Gasteiger partial charge in [-0.25, -0.2) is 4.79 Å². The highest BCUT2D eigenvalue weighted by Gasteiger charge is 2.39. The summed E-state index contributed by atoms with van der Waals surface area (Å²) in [6.45, 7) is 0.206. The van der Waals surface area contributed by atoms with E-state index in [0.717, 1.165) is 72.1 Å². The molecule has 4 aromatic rings. The molecule has 2 N–H and O–H groups in total. The van der Waals surface area contributed by atoms with Gasteiger partial charge < -0.3 is 20.1 Å². The Balaban J connectivity index is 1.17. The van der Waals surface area contributed by atoms with Crippen LogP contribution in [0.15, 0.2) is 97.1 Å². The van der Waals surface area contributed by atoms with E-state index in [1.54, 1.807) is 17.0 Å². The minimum Gasteiger partial charge on any atom is -0.489 e. The van der Waals surface area contributed by atoms with Gasteiger partial charge in [0.1, 0.15) is 24.4 Å². The van der Waals surface area contributed by atoms with Crippen LogP contribution < -0.4 is 10.1 Å². The molecular weight excluding hydrogens is 645 g/mol. The Morgan fingerprint density at radius 3 is 2.14 bits per heavy atom. The number of halogens is 3. The Morgan fingerprint density at radius 1 is 0.820 bits per heavy atom. The number of hydrogen-bond donors (Lipinski definition) is 2. The Bertz CT molecular complexity index is 1800. The third-order valence-corrected chi connectivity index (χ3v) is 9.65. The zero-order valence-corrected chi connectivity index (χ0v) is 27.5. The van der Waals surface area contributed by atoms with Gasteiger partial charge in [0, 0.05) is 25.3 Å². The van der Waals surface area contributed by atoms with Gasteiger partial charge in [0.05, 0.1) is 5.56 Å². The number of ether oxygens (including phenoxy) is 1. The fraction of sp³-hybridized carbons (Fsp3) is 0.325. The van der Waals surface area contributed by atoms with Crippen molar-refractivity contribution in [1.82, 2.24) is 10.2 Å². The van der Waals surface area contributed by atoms with Crippen LogP contribution in [0.1, 0.15) is 59.9 Å². The van der Waals surface area contributed by atoms with Crippen LogP contribution in [0.3, 0.4) is 0 Å². The van der Waals surface area contributed by atoms with Crippen molar-refractivity contribution < 1.29 is 37.4 Å². The first kappa shape index (κ1) is 34.7. The Hall–Kier alpha value is -5.12. The zero-order chi connectivity index (χ0) is 35.3. The van der Waals surface area contributed by atoms with E-state index in [-0.39, 0.29) is 37.8 Å². The molecule has 1 fully saturated rings. The molecule has 1 aliphatic heterocycles. The van der Waals surface area contributed by atoms with Crippen LogP contribution in [0.25, 0.3) is 11.1 Å². The molecule has 2 aliphatic rings. The molecule has 1 aliphatic carbocycles. The second-order valence-electron chi connectivity index (χ2n) is 13.1. The number of alkyl halides is 3. The van der Waals surface area contributed by atoms with Crippen molar-refractivity contribution in [2.75, 3.05) is 0 Å². The Morgan fingerprint density at radius 2 is 1.48 bits per heavy atom. The summed E-state index contributed by atoms with van der Waals surface area (Å²) in [5.41, 5.74) is 4.27. The fourth-order valence-electron chi connectivity index (χ4n) is 6.82. The number of rotatable bonds is 10. The first-order chi connectivity index (χ1) is 24.0. The predicted molar refractivity (Wildman–Crippen MR) is 182 cm³/mol. The lowest BCUT2D eigenvalue weighted by molar-refractivity contribution is -0.147. The standard InChI is InChI=1S/C40H39F3N2O5/c41-40(42,43)33-18-13-27(14-19-33)25-50-34-20-17-31-23-36(45(24-32(31)22-34)38(47)30-9-5-2-6-10-30)37(46)44-35(39(48)49)21-26-11-15-29(16-12-26)28-7-3-1-4-8-28/h1,3-4,7-8,11-20,22,30,35-36H,2,5-6,9-10,21,23-25H2,(H,44,46)(H,48,49)/t35-,36-/m0/s1. The lowest BCUT2D eigenvalue weighted by atomic mass is 9.86. The highest BCUT2D eigenvalue weighted by Crippen LogP contribution is 2.33. The maximum Gasteiger partial charge on any atom is 0.416 e. The summed E-state index contributed by atoms with van der Waals surface area (Å²) in [6.07, 6.45) is 0.271. The Labute approximate surface area is 289 Å². The van der Waals surface area contributed by atoms with Crippen molar-refractivity contribution in [2.24, 2.45) is 5.92 Å². The molecule has 7 nitrogen and oxygen atoms in total. The maximum absolute atomic E-state index is 13.9. The lowest BCUT2D eigenvalue weighted by Crippen LogP contribution is -2.57. The van der Waals surface area contributed by atoms with E-state index in [4.69, 9.17) is 4.74 Å². The molecule has 0 spiro atoms. The average Bonchev–Trinajstić information content (AvgIpc) is 3.13. The molecule has 1 saturated carbocycles. The van der Waals surface area contributed by atoms with E-state index < -0.39 is 35.7 Å². The summed E-state index contributed by atoms with van der Waals surface area (Å²) in [4.78, 5) is 41.8. The Kier molecular flexibility index (Phi) is 10.6. The smallest absolute Gasteiger partial charge is 0.416 e. The summed E-state index contributed by atoms with van der Waals surface area (Å²) in [5, 5.41) is 12.8. The van der Waals surface area contributed by atoms with Crippen LogP contribution in [-0.4, -0.2) is 39.9 Å². The molecule has 1 heterocycles. The van der Waals surface area contributed by atoms with E-state index in [9.17, 15) is 32.7 Å².